The Morgan fingerprint density at radius 1 is 1.10 bits per heavy atom. The van der Waals surface area contributed by atoms with Crippen LogP contribution in [0.1, 0.15) is 37.3 Å². The average molecular weight is 351 g/mol. The van der Waals surface area contributed by atoms with E-state index in [1.165, 1.54) is 44.3 Å². The number of likely N-dealkylation sites (tertiary alicyclic amines) is 1. The summed E-state index contributed by atoms with van der Waals surface area (Å²) in [4.78, 5) is 2.63. The van der Waals surface area contributed by atoms with Gasteiger partial charge >= 0.3 is 0 Å². The van der Waals surface area contributed by atoms with E-state index < -0.39 is 0 Å². The molecule has 0 radical (unpaired) electrons. The van der Waals surface area contributed by atoms with E-state index in [-0.39, 0.29) is 5.82 Å². The SMILES string of the molecule is Cc1cn(C2CCN(C3CC3)CC2)c2cc(F)c(Br)cc12. The molecule has 21 heavy (non-hydrogen) atoms. The summed E-state index contributed by atoms with van der Waals surface area (Å²) in [6.45, 7) is 4.49. The number of halogens is 2. The number of aryl methyl sites for hydroxylation is 1. The number of benzene rings is 1. The van der Waals surface area contributed by atoms with Gasteiger partial charge in [-0.1, -0.05) is 0 Å². The van der Waals surface area contributed by atoms with Gasteiger partial charge in [-0.05, 0) is 66.2 Å². The highest BCUT2D eigenvalue weighted by Crippen LogP contribution is 2.35. The summed E-state index contributed by atoms with van der Waals surface area (Å²) in [5.74, 6) is -0.169. The van der Waals surface area contributed by atoms with Crippen molar-refractivity contribution in [2.75, 3.05) is 13.1 Å². The van der Waals surface area contributed by atoms with Gasteiger partial charge in [0.05, 0.1) is 9.99 Å². The van der Waals surface area contributed by atoms with Gasteiger partial charge in [-0.3, -0.25) is 0 Å². The predicted molar refractivity (Wildman–Crippen MR) is 87.2 cm³/mol. The quantitative estimate of drug-likeness (QED) is 0.765. The van der Waals surface area contributed by atoms with Gasteiger partial charge in [0, 0.05) is 36.8 Å². The molecule has 1 aromatic carbocycles. The maximum Gasteiger partial charge on any atom is 0.139 e. The van der Waals surface area contributed by atoms with Gasteiger partial charge in [0.2, 0.25) is 0 Å². The Kier molecular flexibility index (Phi) is 3.34. The third-order valence-electron chi connectivity index (χ3n) is 5.03. The monoisotopic (exact) mass is 350 g/mol. The Hall–Kier alpha value is -0.870. The summed E-state index contributed by atoms with van der Waals surface area (Å²) < 4.78 is 16.8. The molecule has 1 saturated heterocycles. The molecule has 0 unspecified atom stereocenters. The van der Waals surface area contributed by atoms with E-state index in [4.69, 9.17) is 0 Å². The van der Waals surface area contributed by atoms with Crippen LogP contribution < -0.4 is 0 Å². The molecule has 1 aliphatic heterocycles. The third-order valence-corrected chi connectivity index (χ3v) is 5.64. The van der Waals surface area contributed by atoms with E-state index in [0.29, 0.717) is 10.5 Å². The van der Waals surface area contributed by atoms with E-state index >= 15 is 0 Å². The van der Waals surface area contributed by atoms with Gasteiger partial charge in [-0.2, -0.15) is 0 Å². The smallest absolute Gasteiger partial charge is 0.139 e. The standard InChI is InChI=1S/C17H20BrFN2/c1-11-10-21(17-9-16(19)15(18)8-14(11)17)13-4-6-20(7-5-13)12-2-3-12/h8-10,12-13H,2-7H2,1H3. The predicted octanol–water partition coefficient (Wildman–Crippen LogP) is 4.65. The summed E-state index contributed by atoms with van der Waals surface area (Å²) >= 11 is 3.30. The van der Waals surface area contributed by atoms with Crippen molar-refractivity contribution >= 4 is 26.8 Å². The van der Waals surface area contributed by atoms with Crippen molar-refractivity contribution < 1.29 is 4.39 Å². The molecule has 0 amide bonds. The Morgan fingerprint density at radius 2 is 1.81 bits per heavy atom. The Bertz CT molecular complexity index is 682. The summed E-state index contributed by atoms with van der Waals surface area (Å²) in [5.41, 5.74) is 2.27. The van der Waals surface area contributed by atoms with Crippen molar-refractivity contribution in [3.05, 3.63) is 34.2 Å². The summed E-state index contributed by atoms with van der Waals surface area (Å²) in [5, 5.41) is 1.16. The van der Waals surface area contributed by atoms with Gasteiger partial charge in [-0.25, -0.2) is 4.39 Å². The van der Waals surface area contributed by atoms with Gasteiger partial charge in [-0.15, -0.1) is 0 Å². The fraction of sp³-hybridized carbons (Fsp3) is 0.529. The number of hydrogen-bond donors (Lipinski definition) is 0. The number of nitrogens with zero attached hydrogens (tertiary/aromatic N) is 2. The third kappa shape index (κ3) is 2.42. The number of aromatic nitrogens is 1. The van der Waals surface area contributed by atoms with Crippen LogP contribution in [0.15, 0.2) is 22.8 Å². The minimum atomic E-state index is -0.169. The number of piperidine rings is 1. The van der Waals surface area contributed by atoms with Crippen LogP contribution in [0.3, 0.4) is 0 Å². The normalized spacial score (nSPS) is 21.3. The highest BCUT2D eigenvalue weighted by Gasteiger charge is 2.32. The Balaban J connectivity index is 1.65. The summed E-state index contributed by atoms with van der Waals surface area (Å²) in [6, 6.07) is 4.97. The molecule has 0 atom stereocenters. The maximum absolute atomic E-state index is 13.9. The lowest BCUT2D eigenvalue weighted by molar-refractivity contribution is 0.180. The summed E-state index contributed by atoms with van der Waals surface area (Å²) in [7, 11) is 0. The first-order chi connectivity index (χ1) is 10.1. The lowest BCUT2D eigenvalue weighted by atomic mass is 10.0. The van der Waals surface area contributed by atoms with Gasteiger partial charge in [0.1, 0.15) is 5.82 Å². The zero-order valence-electron chi connectivity index (χ0n) is 12.3. The van der Waals surface area contributed by atoms with Gasteiger partial charge < -0.3 is 9.47 Å². The maximum atomic E-state index is 13.9. The minimum Gasteiger partial charge on any atom is -0.344 e. The molecule has 2 fully saturated rings. The zero-order valence-corrected chi connectivity index (χ0v) is 13.9. The van der Waals surface area contributed by atoms with E-state index in [9.17, 15) is 4.39 Å². The van der Waals surface area contributed by atoms with Crippen molar-refractivity contribution in [3.8, 4) is 0 Å². The fourth-order valence-electron chi connectivity index (χ4n) is 3.68. The number of fused-ring (bicyclic) bond motifs is 1. The molecule has 0 bridgehead atoms. The average Bonchev–Trinajstić information content (AvgIpc) is 3.28. The van der Waals surface area contributed by atoms with Crippen LogP contribution in [-0.2, 0) is 0 Å². The van der Waals surface area contributed by atoms with Crippen LogP contribution in [0.25, 0.3) is 10.9 Å². The van der Waals surface area contributed by atoms with Gasteiger partial charge in [0.15, 0.2) is 0 Å². The molecule has 1 aromatic heterocycles. The fourth-order valence-corrected chi connectivity index (χ4v) is 4.03. The van der Waals surface area contributed by atoms with E-state index in [0.717, 1.165) is 16.9 Å². The molecule has 2 heterocycles. The largest absolute Gasteiger partial charge is 0.344 e. The molecule has 2 aromatic rings. The molecule has 1 aliphatic carbocycles. The second kappa shape index (κ2) is 5.10. The molecule has 4 heteroatoms. The van der Waals surface area contributed by atoms with Crippen LogP contribution >= 0.6 is 15.9 Å². The Labute approximate surface area is 133 Å². The molecular weight excluding hydrogens is 331 g/mol. The van der Waals surface area contributed by atoms with Gasteiger partial charge in [0.25, 0.3) is 0 Å². The Morgan fingerprint density at radius 3 is 2.48 bits per heavy atom. The first-order valence-electron chi connectivity index (χ1n) is 7.83. The lowest BCUT2D eigenvalue weighted by Gasteiger charge is -2.33. The van der Waals surface area contributed by atoms with E-state index in [1.54, 1.807) is 6.07 Å². The van der Waals surface area contributed by atoms with Crippen molar-refractivity contribution in [1.29, 1.82) is 0 Å². The minimum absolute atomic E-state index is 0.169. The van der Waals surface area contributed by atoms with E-state index in [2.05, 4.69) is 38.5 Å². The molecule has 0 spiro atoms. The molecule has 2 aliphatic rings. The van der Waals surface area contributed by atoms with Crippen molar-refractivity contribution in [3.63, 3.8) is 0 Å². The first kappa shape index (κ1) is 13.8. The lowest BCUT2D eigenvalue weighted by Crippen LogP contribution is -2.35. The second-order valence-corrected chi connectivity index (χ2v) is 7.36. The number of hydrogen-bond acceptors (Lipinski definition) is 1. The molecule has 2 nitrogen and oxygen atoms in total. The molecule has 112 valence electrons. The van der Waals surface area contributed by atoms with Crippen LogP contribution in [0.2, 0.25) is 0 Å². The topological polar surface area (TPSA) is 8.17 Å². The number of rotatable bonds is 2. The van der Waals surface area contributed by atoms with Crippen LogP contribution in [-0.4, -0.2) is 28.6 Å². The highest BCUT2D eigenvalue weighted by atomic mass is 79.9. The second-order valence-electron chi connectivity index (χ2n) is 6.50. The van der Waals surface area contributed by atoms with Crippen LogP contribution in [0.5, 0.6) is 0 Å². The first-order valence-corrected chi connectivity index (χ1v) is 8.63. The molecule has 0 N–H and O–H groups in total. The summed E-state index contributed by atoms with van der Waals surface area (Å²) in [6.07, 6.45) is 7.33. The highest BCUT2D eigenvalue weighted by molar-refractivity contribution is 9.10. The molecule has 1 saturated carbocycles. The van der Waals surface area contributed by atoms with Crippen molar-refractivity contribution in [2.45, 2.75) is 44.7 Å². The van der Waals surface area contributed by atoms with Crippen molar-refractivity contribution in [1.82, 2.24) is 9.47 Å². The molecular formula is C17H20BrFN2. The molecule has 4 rings (SSSR count). The van der Waals surface area contributed by atoms with Crippen LogP contribution in [0, 0.1) is 12.7 Å². The van der Waals surface area contributed by atoms with Crippen molar-refractivity contribution in [2.24, 2.45) is 0 Å². The zero-order chi connectivity index (χ0) is 14.6. The van der Waals surface area contributed by atoms with E-state index in [1.807, 2.05) is 6.07 Å². The van der Waals surface area contributed by atoms with Crippen LogP contribution in [0.4, 0.5) is 4.39 Å².